The minimum Gasteiger partial charge on any atom is -0.302 e. The van der Waals surface area contributed by atoms with Gasteiger partial charge in [0.15, 0.2) is 0 Å². The average molecular weight is 225 g/mol. The molecule has 5 heteroatoms. The topological polar surface area (TPSA) is 37.8 Å². The van der Waals surface area contributed by atoms with Crippen molar-refractivity contribution >= 4 is 22.7 Å². The molecule has 2 heterocycles. The number of hydrogen-bond acceptors (Lipinski definition) is 5. The van der Waals surface area contributed by atoms with Gasteiger partial charge in [-0.1, -0.05) is 0 Å². The molecule has 0 aromatic carbocycles. The van der Waals surface area contributed by atoms with Crippen LogP contribution in [0.3, 0.4) is 0 Å². The van der Waals surface area contributed by atoms with Crippen LogP contribution < -0.4 is 5.32 Å². The second-order valence-electron chi connectivity index (χ2n) is 2.95. The molecule has 2 aromatic rings. The molecule has 14 heavy (non-hydrogen) atoms. The van der Waals surface area contributed by atoms with Crippen LogP contribution in [0.5, 0.6) is 0 Å². The zero-order chi connectivity index (χ0) is 9.80. The number of hydrogen-bond donors (Lipinski definition) is 1. The van der Waals surface area contributed by atoms with Gasteiger partial charge in [-0.3, -0.25) is 0 Å². The Morgan fingerprint density at radius 2 is 2.43 bits per heavy atom. The molecule has 74 valence electrons. The summed E-state index contributed by atoms with van der Waals surface area (Å²) >= 11 is 3.30. The molecule has 1 atom stereocenters. The molecule has 0 spiro atoms. The molecule has 0 aliphatic rings. The fraction of sp³-hybridized carbons (Fsp3) is 0.333. The number of rotatable bonds is 4. The van der Waals surface area contributed by atoms with E-state index in [9.17, 15) is 0 Å². The molecule has 0 amide bonds. The molecule has 1 unspecified atom stereocenters. The van der Waals surface area contributed by atoms with Crippen molar-refractivity contribution in [3.05, 3.63) is 33.2 Å². The van der Waals surface area contributed by atoms with Gasteiger partial charge in [0, 0.05) is 23.5 Å². The minimum absolute atomic E-state index is 0.302. The molecule has 0 saturated carbocycles. The minimum atomic E-state index is 0.302. The van der Waals surface area contributed by atoms with E-state index >= 15 is 0 Å². The van der Waals surface area contributed by atoms with Crippen LogP contribution >= 0.6 is 22.7 Å². The van der Waals surface area contributed by atoms with Crippen molar-refractivity contribution in [2.75, 3.05) is 0 Å². The van der Waals surface area contributed by atoms with Crippen LogP contribution in [0.25, 0.3) is 0 Å². The van der Waals surface area contributed by atoms with Gasteiger partial charge in [0.1, 0.15) is 5.01 Å². The first-order chi connectivity index (χ1) is 6.86. The Bertz CT molecular complexity index is 355. The second kappa shape index (κ2) is 4.63. The highest BCUT2D eigenvalue weighted by molar-refractivity contribution is 7.09. The molecule has 0 aliphatic heterocycles. The van der Waals surface area contributed by atoms with E-state index < -0.39 is 0 Å². The summed E-state index contributed by atoms with van der Waals surface area (Å²) in [6.07, 6.45) is 1.83. The smallest absolute Gasteiger partial charge is 0.109 e. The summed E-state index contributed by atoms with van der Waals surface area (Å²) in [6.45, 7) is 2.93. The number of thiazole rings is 2. The molecule has 0 bridgehead atoms. The lowest BCUT2D eigenvalue weighted by Gasteiger charge is -2.08. The number of nitrogens with zero attached hydrogens (tertiary/aromatic N) is 2. The number of nitrogens with one attached hydrogen (secondary N) is 1. The van der Waals surface area contributed by atoms with E-state index in [1.165, 1.54) is 0 Å². The molecule has 0 radical (unpaired) electrons. The molecule has 2 aromatic heterocycles. The molecule has 2 rings (SSSR count). The van der Waals surface area contributed by atoms with Crippen molar-refractivity contribution in [2.24, 2.45) is 0 Å². The molecule has 0 saturated heterocycles. The Morgan fingerprint density at radius 3 is 3.07 bits per heavy atom. The summed E-state index contributed by atoms with van der Waals surface area (Å²) in [5, 5.41) is 8.56. The first kappa shape index (κ1) is 9.76. The van der Waals surface area contributed by atoms with E-state index in [2.05, 4.69) is 27.6 Å². The van der Waals surface area contributed by atoms with Gasteiger partial charge >= 0.3 is 0 Å². The lowest BCUT2D eigenvalue weighted by Crippen LogP contribution is -2.17. The highest BCUT2D eigenvalue weighted by Gasteiger charge is 2.07. The third-order valence-corrected chi connectivity index (χ3v) is 3.49. The van der Waals surface area contributed by atoms with E-state index in [1.54, 1.807) is 22.7 Å². The summed E-state index contributed by atoms with van der Waals surface area (Å²) in [4.78, 5) is 8.46. The average Bonchev–Trinajstić information content (AvgIpc) is 2.87. The van der Waals surface area contributed by atoms with Crippen molar-refractivity contribution < 1.29 is 0 Å². The summed E-state index contributed by atoms with van der Waals surface area (Å²) in [7, 11) is 0. The predicted octanol–water partition coefficient (Wildman–Crippen LogP) is 2.45. The molecule has 1 N–H and O–H groups in total. The monoisotopic (exact) mass is 225 g/mol. The quantitative estimate of drug-likeness (QED) is 0.868. The van der Waals surface area contributed by atoms with Crippen molar-refractivity contribution in [3.63, 3.8) is 0 Å². The normalized spacial score (nSPS) is 12.9. The van der Waals surface area contributed by atoms with E-state index in [0.717, 1.165) is 17.2 Å². The summed E-state index contributed by atoms with van der Waals surface area (Å²) < 4.78 is 0. The van der Waals surface area contributed by atoms with Gasteiger partial charge in [0.05, 0.1) is 17.2 Å². The highest BCUT2D eigenvalue weighted by Crippen LogP contribution is 2.15. The molecular weight excluding hydrogens is 214 g/mol. The predicted molar refractivity (Wildman–Crippen MR) is 59.5 cm³/mol. The second-order valence-corrected chi connectivity index (χ2v) is 4.60. The van der Waals surface area contributed by atoms with Gasteiger partial charge in [0.25, 0.3) is 0 Å². The first-order valence-electron chi connectivity index (χ1n) is 4.36. The van der Waals surface area contributed by atoms with Gasteiger partial charge in [-0.2, -0.15) is 0 Å². The Morgan fingerprint density at radius 1 is 1.50 bits per heavy atom. The lowest BCUT2D eigenvalue weighted by atomic mass is 10.3. The standard InChI is InChI=1S/C9H11N3S2/c1-7(9-10-2-3-14-9)11-4-8-5-13-6-12-8/h2-3,5-7,11H,4H2,1H3. The van der Waals surface area contributed by atoms with E-state index in [1.807, 2.05) is 17.1 Å². The van der Waals surface area contributed by atoms with Crippen LogP contribution in [0.2, 0.25) is 0 Å². The Labute approximate surface area is 90.9 Å². The maximum absolute atomic E-state index is 4.25. The zero-order valence-corrected chi connectivity index (χ0v) is 9.44. The Kier molecular flexibility index (Phi) is 3.23. The Hall–Kier alpha value is -0.780. The van der Waals surface area contributed by atoms with Gasteiger partial charge in [-0.05, 0) is 6.92 Å². The summed E-state index contributed by atoms with van der Waals surface area (Å²) in [6, 6.07) is 0.302. The van der Waals surface area contributed by atoms with E-state index in [-0.39, 0.29) is 0 Å². The van der Waals surface area contributed by atoms with Gasteiger partial charge in [0.2, 0.25) is 0 Å². The van der Waals surface area contributed by atoms with Crippen LogP contribution in [0.1, 0.15) is 23.7 Å². The van der Waals surface area contributed by atoms with Crippen molar-refractivity contribution in [1.82, 2.24) is 15.3 Å². The van der Waals surface area contributed by atoms with Crippen molar-refractivity contribution in [2.45, 2.75) is 19.5 Å². The maximum Gasteiger partial charge on any atom is 0.109 e. The summed E-state index contributed by atoms with van der Waals surface area (Å²) in [5.41, 5.74) is 2.95. The highest BCUT2D eigenvalue weighted by atomic mass is 32.1. The third kappa shape index (κ3) is 2.37. The van der Waals surface area contributed by atoms with Gasteiger partial charge in [-0.15, -0.1) is 22.7 Å². The van der Waals surface area contributed by atoms with E-state index in [0.29, 0.717) is 6.04 Å². The SMILES string of the molecule is CC(NCc1cscn1)c1nccs1. The van der Waals surface area contributed by atoms with Crippen LogP contribution in [0, 0.1) is 0 Å². The molecule has 3 nitrogen and oxygen atoms in total. The third-order valence-electron chi connectivity index (χ3n) is 1.89. The van der Waals surface area contributed by atoms with Crippen LogP contribution in [-0.2, 0) is 6.54 Å². The fourth-order valence-corrected chi connectivity index (χ4v) is 2.35. The zero-order valence-electron chi connectivity index (χ0n) is 7.80. The fourth-order valence-electron chi connectivity index (χ4n) is 1.12. The summed E-state index contributed by atoms with van der Waals surface area (Å²) in [5.74, 6) is 0. The van der Waals surface area contributed by atoms with Gasteiger partial charge < -0.3 is 5.32 Å². The lowest BCUT2D eigenvalue weighted by molar-refractivity contribution is 0.566. The van der Waals surface area contributed by atoms with Gasteiger partial charge in [-0.25, -0.2) is 9.97 Å². The van der Waals surface area contributed by atoms with E-state index in [4.69, 9.17) is 0 Å². The Balaban J connectivity index is 1.87. The first-order valence-corrected chi connectivity index (χ1v) is 6.18. The van der Waals surface area contributed by atoms with Crippen molar-refractivity contribution in [3.8, 4) is 0 Å². The maximum atomic E-state index is 4.25. The molecular formula is C9H11N3S2. The van der Waals surface area contributed by atoms with Crippen LogP contribution in [-0.4, -0.2) is 9.97 Å². The molecule has 0 aliphatic carbocycles. The molecule has 0 fully saturated rings. The van der Waals surface area contributed by atoms with Crippen molar-refractivity contribution in [1.29, 1.82) is 0 Å². The number of aromatic nitrogens is 2. The van der Waals surface area contributed by atoms with Crippen LogP contribution in [0.4, 0.5) is 0 Å². The van der Waals surface area contributed by atoms with Crippen LogP contribution in [0.15, 0.2) is 22.5 Å². The largest absolute Gasteiger partial charge is 0.302 e.